The summed E-state index contributed by atoms with van der Waals surface area (Å²) in [5.74, 6) is 5.11. The van der Waals surface area contributed by atoms with Crippen LogP contribution in [0.25, 0.3) is 0 Å². The van der Waals surface area contributed by atoms with Crippen molar-refractivity contribution in [3.8, 4) is 0 Å². The fraction of sp³-hybridized carbons (Fsp3) is 0.538. The zero-order chi connectivity index (χ0) is 15.0. The van der Waals surface area contributed by atoms with Crippen LogP contribution < -0.4 is 11.3 Å². The second-order valence-electron chi connectivity index (χ2n) is 4.37. The number of nitrogens with zero attached hydrogens (tertiary/aromatic N) is 2. The number of hydrazine groups is 1. The van der Waals surface area contributed by atoms with Gasteiger partial charge in [0, 0.05) is 20.8 Å². The lowest BCUT2D eigenvalue weighted by atomic mass is 10.2. The van der Waals surface area contributed by atoms with Crippen molar-refractivity contribution in [3.63, 3.8) is 0 Å². The molecule has 0 aromatic carbocycles. The summed E-state index contributed by atoms with van der Waals surface area (Å²) in [4.78, 5) is 18.3. The number of nitrogen functional groups attached to an aromatic ring is 1. The van der Waals surface area contributed by atoms with E-state index in [9.17, 15) is 4.79 Å². The normalized spacial score (nSPS) is 12.0. The quantitative estimate of drug-likeness (QED) is 0.533. The second kappa shape index (κ2) is 8.47. The number of anilines is 1. The Morgan fingerprint density at radius 2 is 2.20 bits per heavy atom. The van der Waals surface area contributed by atoms with Crippen molar-refractivity contribution in [1.82, 2.24) is 9.88 Å². The molecule has 112 valence electrons. The molecule has 0 aliphatic rings. The number of pyridine rings is 1. The van der Waals surface area contributed by atoms with Gasteiger partial charge in [-0.3, -0.25) is 10.6 Å². The average molecular weight is 282 g/mol. The van der Waals surface area contributed by atoms with Crippen LogP contribution in [0.2, 0.25) is 0 Å². The number of nitrogens with two attached hydrogens (primary N) is 1. The van der Waals surface area contributed by atoms with Gasteiger partial charge in [-0.15, -0.1) is 0 Å². The van der Waals surface area contributed by atoms with E-state index in [1.165, 1.54) is 6.20 Å². The fourth-order valence-electron chi connectivity index (χ4n) is 1.80. The molecule has 0 aliphatic carbocycles. The maximum absolute atomic E-state index is 12.5. The number of methoxy groups -OCH3 is 2. The summed E-state index contributed by atoms with van der Waals surface area (Å²) < 4.78 is 10.1. The van der Waals surface area contributed by atoms with Crippen molar-refractivity contribution in [1.29, 1.82) is 0 Å². The molecule has 20 heavy (non-hydrogen) atoms. The minimum Gasteiger partial charge on any atom is -0.383 e. The molecule has 0 saturated heterocycles. The van der Waals surface area contributed by atoms with E-state index < -0.39 is 0 Å². The SMILES string of the molecule is COCCN(C(=O)c1ccc(NN)cn1)C(C)COC. The third-order valence-corrected chi connectivity index (χ3v) is 2.89. The molecule has 1 aromatic rings. The lowest BCUT2D eigenvalue weighted by Gasteiger charge is -2.28. The molecule has 1 unspecified atom stereocenters. The molecule has 7 heteroatoms. The van der Waals surface area contributed by atoms with Crippen LogP contribution in [-0.2, 0) is 9.47 Å². The molecule has 1 heterocycles. The second-order valence-corrected chi connectivity index (χ2v) is 4.37. The predicted molar refractivity (Wildman–Crippen MR) is 76.3 cm³/mol. The molecular formula is C13H22N4O3. The van der Waals surface area contributed by atoms with Crippen LogP contribution >= 0.6 is 0 Å². The van der Waals surface area contributed by atoms with Crippen molar-refractivity contribution in [2.24, 2.45) is 5.84 Å². The van der Waals surface area contributed by atoms with Crippen molar-refractivity contribution in [2.75, 3.05) is 39.4 Å². The Bertz CT molecular complexity index is 411. The number of carbonyl (C=O) groups is 1. The highest BCUT2D eigenvalue weighted by Gasteiger charge is 2.22. The highest BCUT2D eigenvalue weighted by atomic mass is 16.5. The zero-order valence-corrected chi connectivity index (χ0v) is 12.1. The molecule has 0 saturated carbocycles. The highest BCUT2D eigenvalue weighted by Crippen LogP contribution is 2.10. The van der Waals surface area contributed by atoms with Gasteiger partial charge in [-0.2, -0.15) is 0 Å². The first-order valence-corrected chi connectivity index (χ1v) is 6.35. The number of carbonyl (C=O) groups excluding carboxylic acids is 1. The number of rotatable bonds is 8. The molecule has 0 aliphatic heterocycles. The fourth-order valence-corrected chi connectivity index (χ4v) is 1.80. The lowest BCUT2D eigenvalue weighted by molar-refractivity contribution is 0.0474. The molecule has 1 amide bonds. The number of ether oxygens (including phenoxy) is 2. The number of aromatic nitrogens is 1. The first-order valence-electron chi connectivity index (χ1n) is 6.35. The number of hydrogen-bond acceptors (Lipinski definition) is 6. The van der Waals surface area contributed by atoms with Crippen LogP contribution in [0.15, 0.2) is 18.3 Å². The Labute approximate surface area is 119 Å². The van der Waals surface area contributed by atoms with E-state index in [-0.39, 0.29) is 11.9 Å². The molecule has 3 N–H and O–H groups in total. The van der Waals surface area contributed by atoms with Gasteiger partial charge < -0.3 is 19.8 Å². The maximum Gasteiger partial charge on any atom is 0.272 e. The Kier molecular flexibility index (Phi) is 6.92. The monoisotopic (exact) mass is 282 g/mol. The summed E-state index contributed by atoms with van der Waals surface area (Å²) in [5.41, 5.74) is 3.48. The standard InChI is InChI=1S/C13H22N4O3/c1-10(9-20-3)17(6-7-19-2)13(18)12-5-4-11(16-14)8-15-12/h4-5,8,10,16H,6-7,9,14H2,1-3H3. The van der Waals surface area contributed by atoms with Gasteiger partial charge in [0.1, 0.15) is 5.69 Å². The van der Waals surface area contributed by atoms with Gasteiger partial charge in [-0.05, 0) is 19.1 Å². The van der Waals surface area contributed by atoms with Crippen LogP contribution in [0.3, 0.4) is 0 Å². The van der Waals surface area contributed by atoms with Crippen molar-refractivity contribution in [3.05, 3.63) is 24.0 Å². The molecule has 1 atom stereocenters. The van der Waals surface area contributed by atoms with Gasteiger partial charge in [0.2, 0.25) is 0 Å². The Morgan fingerprint density at radius 1 is 1.45 bits per heavy atom. The third-order valence-electron chi connectivity index (χ3n) is 2.89. The van der Waals surface area contributed by atoms with Crippen LogP contribution in [0, 0.1) is 0 Å². The summed E-state index contributed by atoms with van der Waals surface area (Å²) in [6.45, 7) is 3.32. The van der Waals surface area contributed by atoms with Crippen LogP contribution in [0.5, 0.6) is 0 Å². The molecule has 1 rings (SSSR count). The first-order chi connectivity index (χ1) is 9.63. The van der Waals surface area contributed by atoms with Gasteiger partial charge in [0.25, 0.3) is 5.91 Å². The molecule has 0 radical (unpaired) electrons. The van der Waals surface area contributed by atoms with Gasteiger partial charge in [0.15, 0.2) is 0 Å². The number of amides is 1. The molecule has 0 bridgehead atoms. The highest BCUT2D eigenvalue weighted by molar-refractivity contribution is 5.92. The minimum absolute atomic E-state index is 0.0586. The molecule has 7 nitrogen and oxygen atoms in total. The summed E-state index contributed by atoms with van der Waals surface area (Å²) in [5, 5.41) is 0. The number of hydrogen-bond donors (Lipinski definition) is 2. The minimum atomic E-state index is -0.157. The summed E-state index contributed by atoms with van der Waals surface area (Å²) in [7, 11) is 3.21. The van der Waals surface area contributed by atoms with E-state index in [1.807, 2.05) is 6.92 Å². The topological polar surface area (TPSA) is 89.7 Å². The van der Waals surface area contributed by atoms with E-state index in [1.54, 1.807) is 31.3 Å². The smallest absolute Gasteiger partial charge is 0.272 e. The summed E-state index contributed by atoms with van der Waals surface area (Å²) in [6, 6.07) is 3.28. The van der Waals surface area contributed by atoms with Crippen molar-refractivity contribution in [2.45, 2.75) is 13.0 Å². The van der Waals surface area contributed by atoms with Gasteiger partial charge in [-0.25, -0.2) is 4.98 Å². The van der Waals surface area contributed by atoms with E-state index in [0.29, 0.717) is 31.1 Å². The zero-order valence-electron chi connectivity index (χ0n) is 12.1. The van der Waals surface area contributed by atoms with Crippen LogP contribution in [-0.4, -0.2) is 55.8 Å². The molecule has 1 aromatic heterocycles. The third kappa shape index (κ3) is 4.44. The van der Waals surface area contributed by atoms with Crippen molar-refractivity contribution < 1.29 is 14.3 Å². The van der Waals surface area contributed by atoms with Gasteiger partial charge >= 0.3 is 0 Å². The predicted octanol–water partition coefficient (Wildman–Crippen LogP) is 0.491. The molecular weight excluding hydrogens is 260 g/mol. The lowest BCUT2D eigenvalue weighted by Crippen LogP contribution is -2.43. The van der Waals surface area contributed by atoms with E-state index in [2.05, 4.69) is 10.4 Å². The average Bonchev–Trinajstić information content (AvgIpc) is 2.48. The van der Waals surface area contributed by atoms with Gasteiger partial charge in [0.05, 0.1) is 31.1 Å². The molecule has 0 spiro atoms. The first kappa shape index (κ1) is 16.4. The van der Waals surface area contributed by atoms with E-state index in [4.69, 9.17) is 15.3 Å². The Balaban J connectivity index is 2.84. The maximum atomic E-state index is 12.5. The Morgan fingerprint density at radius 3 is 2.70 bits per heavy atom. The van der Waals surface area contributed by atoms with Gasteiger partial charge in [-0.1, -0.05) is 0 Å². The summed E-state index contributed by atoms with van der Waals surface area (Å²) >= 11 is 0. The van der Waals surface area contributed by atoms with E-state index in [0.717, 1.165) is 0 Å². The van der Waals surface area contributed by atoms with Crippen LogP contribution in [0.1, 0.15) is 17.4 Å². The largest absolute Gasteiger partial charge is 0.383 e. The van der Waals surface area contributed by atoms with E-state index >= 15 is 0 Å². The molecule has 0 fully saturated rings. The Hall–Kier alpha value is -1.70. The summed E-state index contributed by atoms with van der Waals surface area (Å²) in [6.07, 6.45) is 1.52. The number of nitrogens with one attached hydrogen (secondary N) is 1. The van der Waals surface area contributed by atoms with Crippen molar-refractivity contribution >= 4 is 11.6 Å². The van der Waals surface area contributed by atoms with Crippen LogP contribution in [0.4, 0.5) is 5.69 Å².